The minimum absolute atomic E-state index is 0.185. The van der Waals surface area contributed by atoms with Gasteiger partial charge >= 0.3 is 36.3 Å². The van der Waals surface area contributed by atoms with E-state index in [2.05, 4.69) is 4.74 Å². The van der Waals surface area contributed by atoms with E-state index in [4.69, 9.17) is 5.11 Å². The van der Waals surface area contributed by atoms with Crippen LogP contribution in [0.3, 0.4) is 0 Å². The third kappa shape index (κ3) is 4.62. The van der Waals surface area contributed by atoms with Crippen LogP contribution in [-0.2, 0) is 9.47 Å². The molecule has 0 saturated carbocycles. The minimum Gasteiger partial charge on any atom is -0.368 e. The van der Waals surface area contributed by atoms with Crippen LogP contribution in [0.1, 0.15) is 19.8 Å². The van der Waals surface area contributed by atoms with Crippen molar-refractivity contribution in [1.82, 2.24) is 0 Å². The van der Waals surface area contributed by atoms with Crippen LogP contribution in [-0.4, -0.2) is 47.7 Å². The summed E-state index contributed by atoms with van der Waals surface area (Å²) in [6.07, 6.45) is -31.7. The van der Waals surface area contributed by atoms with Gasteiger partial charge in [-0.05, 0) is 6.42 Å². The molecule has 0 aliphatic heterocycles. The van der Waals surface area contributed by atoms with Crippen molar-refractivity contribution < 1.29 is 71.7 Å². The van der Waals surface area contributed by atoms with E-state index in [-0.39, 0.29) is 6.42 Å². The van der Waals surface area contributed by atoms with E-state index < -0.39 is 49.1 Å². The molecule has 1 atom stereocenters. The highest BCUT2D eigenvalue weighted by molar-refractivity contribution is 4.97. The first kappa shape index (κ1) is 25.0. The lowest BCUT2D eigenvalue weighted by Gasteiger charge is -2.36. The molecule has 0 radical (unpaired) electrons. The van der Waals surface area contributed by atoms with Gasteiger partial charge in [-0.25, -0.2) is 4.74 Å². The molecule has 0 spiro atoms. The summed E-state index contributed by atoms with van der Waals surface area (Å²) in [5.74, 6) is -15.3. The van der Waals surface area contributed by atoms with Crippen LogP contribution in [0, 0.1) is 0 Å². The highest BCUT2D eigenvalue weighted by atomic mass is 19.4. The minimum atomic E-state index is -7.71. The summed E-state index contributed by atoms with van der Waals surface area (Å²) >= 11 is 0. The largest absolute Gasteiger partial charge is 0.460 e. The van der Waals surface area contributed by atoms with Crippen molar-refractivity contribution in [3.05, 3.63) is 0 Å². The summed E-state index contributed by atoms with van der Waals surface area (Å²) < 4.78 is 168. The zero-order valence-electron chi connectivity index (χ0n) is 12.2. The monoisotopic (exact) mass is 424 g/mol. The van der Waals surface area contributed by atoms with E-state index >= 15 is 0 Å². The summed E-state index contributed by atoms with van der Waals surface area (Å²) in [7, 11) is 0. The number of aliphatic hydroxyl groups is 1. The van der Waals surface area contributed by atoms with Crippen molar-refractivity contribution in [2.75, 3.05) is 0 Å². The van der Waals surface area contributed by atoms with Crippen molar-refractivity contribution >= 4 is 0 Å². The van der Waals surface area contributed by atoms with Crippen LogP contribution in [0.15, 0.2) is 0 Å². The van der Waals surface area contributed by atoms with Crippen molar-refractivity contribution in [2.24, 2.45) is 0 Å². The van der Waals surface area contributed by atoms with E-state index in [1.165, 1.54) is 6.92 Å². The maximum atomic E-state index is 13.0. The van der Waals surface area contributed by atoms with Crippen LogP contribution in [0.4, 0.5) is 57.1 Å². The van der Waals surface area contributed by atoms with Gasteiger partial charge in [-0.2, -0.15) is 57.1 Å². The van der Waals surface area contributed by atoms with Gasteiger partial charge < -0.3 is 5.11 Å². The Balaban J connectivity index is 5.69. The first-order valence-electron chi connectivity index (χ1n) is 6.18. The van der Waals surface area contributed by atoms with Gasteiger partial charge in [0.05, 0.1) is 0 Å². The third-order valence-corrected chi connectivity index (χ3v) is 2.53. The smallest absolute Gasteiger partial charge is 0.368 e. The number of aliphatic hydroxyl groups excluding tert-OH is 1. The average Bonchev–Trinajstić information content (AvgIpc) is 2.34. The van der Waals surface area contributed by atoms with Crippen LogP contribution in [0.2, 0.25) is 0 Å². The molecule has 1 N–H and O–H groups in total. The highest BCUT2D eigenvalue weighted by Crippen LogP contribution is 2.55. The summed E-state index contributed by atoms with van der Waals surface area (Å²) in [5.41, 5.74) is 0. The van der Waals surface area contributed by atoms with Crippen molar-refractivity contribution in [3.8, 4) is 0 Å². The molecule has 0 rings (SSSR count). The molecule has 0 aromatic rings. The molecular formula is C10H9F13O3. The van der Waals surface area contributed by atoms with E-state index in [9.17, 15) is 57.1 Å². The average molecular weight is 424 g/mol. The Bertz CT molecular complexity index is 473. The van der Waals surface area contributed by atoms with E-state index in [0.717, 1.165) is 0 Å². The summed E-state index contributed by atoms with van der Waals surface area (Å²) in [5, 5.41) is 8.75. The van der Waals surface area contributed by atoms with Gasteiger partial charge in [0.25, 0.3) is 0 Å². The standard InChI is InChI=1S/C10H9F13O3/c1-2-3-4(24)25-9(20,21)10(22,23)26-8(18,19)6(13,14)5(11,12)7(15,16)17/h4,24H,2-3H2,1H3. The highest BCUT2D eigenvalue weighted by Gasteiger charge is 2.85. The van der Waals surface area contributed by atoms with Gasteiger partial charge in [-0.1, -0.05) is 13.3 Å². The lowest BCUT2D eigenvalue weighted by molar-refractivity contribution is -0.532. The van der Waals surface area contributed by atoms with Crippen LogP contribution < -0.4 is 0 Å². The number of hydrogen-bond acceptors (Lipinski definition) is 3. The molecule has 158 valence electrons. The number of halogens is 13. The fraction of sp³-hybridized carbons (Fsp3) is 1.00. The second kappa shape index (κ2) is 7.18. The third-order valence-electron chi connectivity index (χ3n) is 2.53. The van der Waals surface area contributed by atoms with E-state index in [1.807, 2.05) is 0 Å². The van der Waals surface area contributed by atoms with Gasteiger partial charge in [0.1, 0.15) is 0 Å². The summed E-state index contributed by atoms with van der Waals surface area (Å²) in [6, 6.07) is 0. The second-order valence-electron chi connectivity index (χ2n) is 4.66. The summed E-state index contributed by atoms with van der Waals surface area (Å²) in [4.78, 5) is 0. The zero-order chi connectivity index (χ0) is 21.4. The Morgan fingerprint density at radius 1 is 0.692 bits per heavy atom. The number of alkyl halides is 13. The first-order valence-corrected chi connectivity index (χ1v) is 6.18. The molecule has 0 aliphatic carbocycles. The molecular weight excluding hydrogens is 415 g/mol. The zero-order valence-corrected chi connectivity index (χ0v) is 12.2. The van der Waals surface area contributed by atoms with Gasteiger partial charge in [-0.3, -0.25) is 4.74 Å². The van der Waals surface area contributed by atoms with Crippen molar-refractivity contribution in [1.29, 1.82) is 0 Å². The van der Waals surface area contributed by atoms with Crippen molar-refractivity contribution in [3.63, 3.8) is 0 Å². The number of ether oxygens (including phenoxy) is 2. The Morgan fingerprint density at radius 3 is 1.46 bits per heavy atom. The molecule has 26 heavy (non-hydrogen) atoms. The molecule has 3 nitrogen and oxygen atoms in total. The second-order valence-corrected chi connectivity index (χ2v) is 4.66. The topological polar surface area (TPSA) is 38.7 Å². The van der Waals surface area contributed by atoms with Crippen molar-refractivity contribution in [2.45, 2.75) is 62.4 Å². The van der Waals surface area contributed by atoms with E-state index in [1.54, 1.807) is 4.74 Å². The molecule has 0 bridgehead atoms. The Hall–Kier alpha value is -1.03. The Morgan fingerprint density at radius 2 is 1.12 bits per heavy atom. The first-order chi connectivity index (χ1) is 11.2. The Labute approximate surface area is 135 Å². The SMILES string of the molecule is CCCC(O)OC(F)(F)C(F)(F)OC(F)(F)C(F)(F)C(F)(F)C(F)(F)F. The predicted molar refractivity (Wildman–Crippen MR) is 53.9 cm³/mol. The van der Waals surface area contributed by atoms with Gasteiger partial charge in [-0.15, -0.1) is 0 Å². The molecule has 0 saturated heterocycles. The molecule has 0 fully saturated rings. The molecule has 0 aliphatic rings. The molecule has 0 aromatic heterocycles. The molecule has 0 aromatic carbocycles. The van der Waals surface area contributed by atoms with Gasteiger partial charge in [0.15, 0.2) is 6.29 Å². The fourth-order valence-corrected chi connectivity index (χ4v) is 1.19. The predicted octanol–water partition coefficient (Wildman–Crippen LogP) is 4.75. The molecule has 1 unspecified atom stereocenters. The fourth-order valence-electron chi connectivity index (χ4n) is 1.19. The van der Waals surface area contributed by atoms with E-state index in [0.29, 0.717) is 0 Å². The van der Waals surface area contributed by atoms with Gasteiger partial charge in [0, 0.05) is 0 Å². The van der Waals surface area contributed by atoms with Crippen LogP contribution >= 0.6 is 0 Å². The normalized spacial score (nSPS) is 16.7. The van der Waals surface area contributed by atoms with Crippen LogP contribution in [0.25, 0.3) is 0 Å². The molecule has 16 heteroatoms. The molecule has 0 amide bonds. The van der Waals surface area contributed by atoms with Crippen LogP contribution in [0.5, 0.6) is 0 Å². The summed E-state index contributed by atoms with van der Waals surface area (Å²) in [6.45, 7) is 1.20. The quantitative estimate of drug-likeness (QED) is 0.429. The Kier molecular flexibility index (Phi) is 6.90. The maximum absolute atomic E-state index is 13.0. The molecule has 0 heterocycles. The maximum Gasteiger partial charge on any atom is 0.460 e. The lowest BCUT2D eigenvalue weighted by Crippen LogP contribution is -2.64. The van der Waals surface area contributed by atoms with Gasteiger partial charge in [0.2, 0.25) is 0 Å². The number of hydrogen-bond donors (Lipinski definition) is 1. The lowest BCUT2D eigenvalue weighted by atomic mass is 10.1. The number of rotatable bonds is 9.